The minimum atomic E-state index is -0.283. The number of ketones is 1. The minimum absolute atomic E-state index is 0.0425. The van der Waals surface area contributed by atoms with Gasteiger partial charge in [0.1, 0.15) is 6.54 Å². The Hall–Kier alpha value is -4.59. The number of nitrogens with zero attached hydrogens (tertiary/aromatic N) is 4. The molecule has 1 amide bonds. The molecule has 3 heterocycles. The van der Waals surface area contributed by atoms with E-state index >= 15 is 0 Å². The van der Waals surface area contributed by atoms with Crippen molar-refractivity contribution in [3.8, 4) is 11.3 Å². The first-order valence-electron chi connectivity index (χ1n) is 10.3. The molecule has 0 bridgehead atoms. The van der Waals surface area contributed by atoms with Gasteiger partial charge in [0.2, 0.25) is 11.7 Å². The van der Waals surface area contributed by atoms with Crippen LogP contribution >= 0.6 is 0 Å². The number of hydrogen-bond acceptors (Lipinski definition) is 5. The standard InChI is InChI=1S/C25H19N5O3/c1-16(31)17-8-10-19(11-9-17)27-23(32)15-29-21-6-2-3-7-22(21)30-24(33)13-20(28-25(29)30)18-5-4-12-26-14-18/h2-14H,15H2,1H3,(H,27,32). The molecule has 5 rings (SSSR count). The molecule has 0 aliphatic carbocycles. The van der Waals surface area contributed by atoms with E-state index in [1.807, 2.05) is 30.3 Å². The van der Waals surface area contributed by atoms with Crippen molar-refractivity contribution in [3.05, 3.63) is 95.0 Å². The summed E-state index contributed by atoms with van der Waals surface area (Å²) in [7, 11) is 0. The molecule has 3 aromatic heterocycles. The molecular weight excluding hydrogens is 418 g/mol. The summed E-state index contributed by atoms with van der Waals surface area (Å²) < 4.78 is 3.22. The van der Waals surface area contributed by atoms with Crippen molar-refractivity contribution in [2.75, 3.05) is 5.32 Å². The van der Waals surface area contributed by atoms with E-state index in [9.17, 15) is 14.4 Å². The molecule has 5 aromatic rings. The highest BCUT2D eigenvalue weighted by Gasteiger charge is 2.17. The van der Waals surface area contributed by atoms with Crippen molar-refractivity contribution < 1.29 is 9.59 Å². The molecule has 33 heavy (non-hydrogen) atoms. The first kappa shape index (κ1) is 20.3. The molecule has 0 atom stereocenters. The van der Waals surface area contributed by atoms with Gasteiger partial charge in [-0.2, -0.15) is 0 Å². The third-order valence-electron chi connectivity index (χ3n) is 5.39. The molecule has 0 aliphatic rings. The lowest BCUT2D eigenvalue weighted by Gasteiger charge is -2.09. The Labute approximate surface area is 188 Å². The summed E-state index contributed by atoms with van der Waals surface area (Å²) in [6.45, 7) is 1.44. The lowest BCUT2D eigenvalue weighted by Crippen LogP contribution is -2.20. The molecule has 0 spiro atoms. The number of hydrogen-bond donors (Lipinski definition) is 1. The van der Waals surface area contributed by atoms with Crippen LogP contribution < -0.4 is 10.9 Å². The second-order valence-electron chi connectivity index (χ2n) is 7.61. The second kappa shape index (κ2) is 8.16. The van der Waals surface area contributed by atoms with E-state index in [4.69, 9.17) is 4.98 Å². The maximum absolute atomic E-state index is 13.0. The molecule has 0 unspecified atom stereocenters. The number of carbonyl (C=O) groups excluding carboxylic acids is 2. The summed E-state index contributed by atoms with van der Waals surface area (Å²) in [6.07, 6.45) is 3.29. The van der Waals surface area contributed by atoms with E-state index in [-0.39, 0.29) is 23.8 Å². The van der Waals surface area contributed by atoms with Crippen molar-refractivity contribution in [1.82, 2.24) is 18.9 Å². The van der Waals surface area contributed by atoms with Crippen molar-refractivity contribution in [1.29, 1.82) is 0 Å². The number of pyridine rings is 1. The van der Waals surface area contributed by atoms with Crippen LogP contribution in [0.15, 0.2) is 83.9 Å². The number of carbonyl (C=O) groups is 2. The SMILES string of the molecule is CC(=O)c1ccc(NC(=O)Cn2c3ccccc3n3c(=O)cc(-c4cccnc4)nc23)cc1. The normalized spacial score (nSPS) is 11.1. The van der Waals surface area contributed by atoms with Crippen LogP contribution in [0, 0.1) is 0 Å². The van der Waals surface area contributed by atoms with Crippen LogP contribution in [0.25, 0.3) is 28.1 Å². The lowest BCUT2D eigenvalue weighted by atomic mass is 10.1. The van der Waals surface area contributed by atoms with Crippen molar-refractivity contribution in [2.45, 2.75) is 13.5 Å². The summed E-state index contributed by atoms with van der Waals surface area (Å²) in [4.78, 5) is 46.2. The number of fused-ring (bicyclic) bond motifs is 3. The highest BCUT2D eigenvalue weighted by atomic mass is 16.2. The third-order valence-corrected chi connectivity index (χ3v) is 5.39. The van der Waals surface area contributed by atoms with Gasteiger partial charge >= 0.3 is 0 Å². The van der Waals surface area contributed by atoms with Gasteiger partial charge in [-0.25, -0.2) is 9.38 Å². The number of amides is 1. The summed E-state index contributed by atoms with van der Waals surface area (Å²) >= 11 is 0. The predicted molar refractivity (Wildman–Crippen MR) is 125 cm³/mol. The predicted octanol–water partition coefficient (Wildman–Crippen LogP) is 3.55. The van der Waals surface area contributed by atoms with E-state index in [1.165, 1.54) is 17.4 Å². The van der Waals surface area contributed by atoms with Crippen LogP contribution in [0.1, 0.15) is 17.3 Å². The van der Waals surface area contributed by atoms with Crippen LogP contribution in [0.4, 0.5) is 5.69 Å². The number of anilines is 1. The number of rotatable bonds is 5. The van der Waals surface area contributed by atoms with E-state index in [0.29, 0.717) is 39.3 Å². The monoisotopic (exact) mass is 437 g/mol. The maximum Gasteiger partial charge on any atom is 0.260 e. The van der Waals surface area contributed by atoms with E-state index in [2.05, 4.69) is 10.3 Å². The Bertz CT molecular complexity index is 1570. The smallest absolute Gasteiger partial charge is 0.260 e. The topological polar surface area (TPSA) is 98.4 Å². The quantitative estimate of drug-likeness (QED) is 0.424. The fourth-order valence-corrected chi connectivity index (χ4v) is 3.82. The maximum atomic E-state index is 13.0. The first-order valence-corrected chi connectivity index (χ1v) is 10.3. The molecule has 0 aliphatic heterocycles. The Balaban J connectivity index is 1.57. The third kappa shape index (κ3) is 3.78. The number of Topliss-reactive ketones (excluding diaryl/α,β-unsaturated/α-hetero) is 1. The van der Waals surface area contributed by atoms with Crippen LogP contribution in [0.5, 0.6) is 0 Å². The highest BCUT2D eigenvalue weighted by Crippen LogP contribution is 2.21. The summed E-state index contributed by atoms with van der Waals surface area (Å²) in [5, 5.41) is 2.84. The molecule has 0 saturated carbocycles. The molecule has 8 nitrogen and oxygen atoms in total. The van der Waals surface area contributed by atoms with E-state index in [1.54, 1.807) is 47.3 Å². The van der Waals surface area contributed by atoms with Crippen LogP contribution in [-0.4, -0.2) is 30.6 Å². The zero-order valence-electron chi connectivity index (χ0n) is 17.7. The minimum Gasteiger partial charge on any atom is -0.325 e. The lowest BCUT2D eigenvalue weighted by molar-refractivity contribution is -0.116. The first-order chi connectivity index (χ1) is 16.0. The van der Waals surface area contributed by atoms with Crippen molar-refractivity contribution in [2.24, 2.45) is 0 Å². The van der Waals surface area contributed by atoms with E-state index in [0.717, 1.165) is 0 Å². The van der Waals surface area contributed by atoms with Crippen molar-refractivity contribution >= 4 is 34.2 Å². The molecule has 0 saturated heterocycles. The molecular formula is C25H19N5O3. The van der Waals surface area contributed by atoms with Gasteiger partial charge < -0.3 is 9.88 Å². The molecule has 8 heteroatoms. The summed E-state index contributed by atoms with van der Waals surface area (Å²) in [6, 6.07) is 19.1. The second-order valence-corrected chi connectivity index (χ2v) is 7.61. The van der Waals surface area contributed by atoms with Crippen LogP contribution in [0.2, 0.25) is 0 Å². The van der Waals surface area contributed by atoms with E-state index < -0.39 is 0 Å². The molecule has 0 fully saturated rings. The van der Waals surface area contributed by atoms with Crippen LogP contribution in [0.3, 0.4) is 0 Å². The Morgan fingerprint density at radius 2 is 1.73 bits per heavy atom. The van der Waals surface area contributed by atoms with Gasteiger partial charge in [-0.3, -0.25) is 19.4 Å². The largest absolute Gasteiger partial charge is 0.325 e. The molecule has 2 aromatic carbocycles. The van der Waals surface area contributed by atoms with Gasteiger partial charge in [0.25, 0.3) is 5.56 Å². The molecule has 0 radical (unpaired) electrons. The highest BCUT2D eigenvalue weighted by molar-refractivity contribution is 5.96. The zero-order valence-corrected chi connectivity index (χ0v) is 17.7. The number of imidazole rings is 1. The number of benzene rings is 2. The average molecular weight is 437 g/mol. The van der Waals surface area contributed by atoms with Gasteiger partial charge in [-0.05, 0) is 55.5 Å². The fraction of sp³-hybridized carbons (Fsp3) is 0.0800. The van der Waals surface area contributed by atoms with Gasteiger partial charge in [0.05, 0.1) is 16.7 Å². The van der Waals surface area contributed by atoms with Crippen molar-refractivity contribution in [3.63, 3.8) is 0 Å². The van der Waals surface area contributed by atoms with Gasteiger partial charge in [-0.1, -0.05) is 12.1 Å². The number of nitrogens with one attached hydrogen (secondary N) is 1. The molecule has 162 valence electrons. The number of aromatic nitrogens is 4. The van der Waals surface area contributed by atoms with Gasteiger partial charge in [0.15, 0.2) is 5.78 Å². The summed E-state index contributed by atoms with van der Waals surface area (Å²) in [5.41, 5.74) is 3.48. The zero-order chi connectivity index (χ0) is 22.9. The number of para-hydroxylation sites is 2. The Morgan fingerprint density at radius 1 is 0.970 bits per heavy atom. The summed E-state index contributed by atoms with van der Waals surface area (Å²) in [5.74, 6) is 0.0404. The Morgan fingerprint density at radius 3 is 2.42 bits per heavy atom. The molecule has 1 N–H and O–H groups in total. The van der Waals surface area contributed by atoms with Gasteiger partial charge in [-0.15, -0.1) is 0 Å². The fourth-order valence-electron chi connectivity index (χ4n) is 3.82. The Kier molecular flexibility index (Phi) is 5.02. The van der Waals surface area contributed by atoms with Crippen LogP contribution in [-0.2, 0) is 11.3 Å². The average Bonchev–Trinajstić information content (AvgIpc) is 3.14. The van der Waals surface area contributed by atoms with Gasteiger partial charge in [0, 0.05) is 35.3 Å².